The van der Waals surface area contributed by atoms with Gasteiger partial charge in [0, 0.05) is 5.56 Å². The van der Waals surface area contributed by atoms with Crippen molar-refractivity contribution in [2.45, 2.75) is 6.54 Å². The number of nitrogen functional groups attached to an aromatic ring is 1. The SMILES string of the molecule is COc1c(O)c(Br)c(Cn2nnc3c(Cl)nc(N)nc32)c(Br)c1OC. The largest absolute Gasteiger partial charge is 0.503 e. The fourth-order valence-electron chi connectivity index (χ4n) is 2.29. The van der Waals surface area contributed by atoms with Crippen LogP contribution in [0.5, 0.6) is 17.2 Å². The molecule has 0 aliphatic carbocycles. The van der Waals surface area contributed by atoms with Crippen LogP contribution in [0.3, 0.4) is 0 Å². The smallest absolute Gasteiger partial charge is 0.223 e. The lowest BCUT2D eigenvalue weighted by atomic mass is 10.1. The van der Waals surface area contributed by atoms with Gasteiger partial charge in [-0.2, -0.15) is 9.97 Å². The minimum Gasteiger partial charge on any atom is -0.503 e. The number of nitrogens with two attached hydrogens (primary N) is 1. The number of nitrogens with zero attached hydrogens (tertiary/aromatic N) is 5. The number of phenolic OH excluding ortho intramolecular Hbond substituents is 1. The Labute approximate surface area is 163 Å². The predicted molar refractivity (Wildman–Crippen MR) is 98.3 cm³/mol. The zero-order valence-corrected chi connectivity index (χ0v) is 16.8. The second-order valence-electron chi connectivity index (χ2n) is 4.81. The summed E-state index contributed by atoms with van der Waals surface area (Å²) in [7, 11) is 2.90. The molecular formula is C13H11Br2ClN6O3. The molecule has 1 aromatic carbocycles. The summed E-state index contributed by atoms with van der Waals surface area (Å²) >= 11 is 12.8. The predicted octanol–water partition coefficient (Wildman–Crippen LogP) is 2.75. The maximum atomic E-state index is 10.4. The van der Waals surface area contributed by atoms with Gasteiger partial charge in [0.2, 0.25) is 11.7 Å². The molecule has 3 aromatic rings. The third-order valence-electron chi connectivity index (χ3n) is 3.41. The van der Waals surface area contributed by atoms with Gasteiger partial charge in [-0.05, 0) is 31.9 Å². The first kappa shape index (κ1) is 18.0. The molecule has 0 spiro atoms. The topological polar surface area (TPSA) is 121 Å². The van der Waals surface area contributed by atoms with Crippen molar-refractivity contribution in [2.75, 3.05) is 20.0 Å². The van der Waals surface area contributed by atoms with E-state index in [0.29, 0.717) is 31.4 Å². The summed E-state index contributed by atoms with van der Waals surface area (Å²) in [5.41, 5.74) is 6.97. The van der Waals surface area contributed by atoms with Crippen molar-refractivity contribution in [3.05, 3.63) is 19.7 Å². The second-order valence-corrected chi connectivity index (χ2v) is 6.76. The van der Waals surface area contributed by atoms with E-state index in [-0.39, 0.29) is 29.1 Å². The number of hydrogen-bond donors (Lipinski definition) is 2. The van der Waals surface area contributed by atoms with Crippen LogP contribution in [0.4, 0.5) is 5.95 Å². The third-order valence-corrected chi connectivity index (χ3v) is 5.37. The number of phenols is 1. The highest BCUT2D eigenvalue weighted by atomic mass is 79.9. The van der Waals surface area contributed by atoms with Crippen molar-refractivity contribution in [3.8, 4) is 17.2 Å². The number of fused-ring (bicyclic) bond motifs is 1. The lowest BCUT2D eigenvalue weighted by Crippen LogP contribution is -2.07. The third kappa shape index (κ3) is 2.96. The van der Waals surface area contributed by atoms with Gasteiger partial charge in [0.05, 0.1) is 29.7 Å². The van der Waals surface area contributed by atoms with E-state index in [1.165, 1.54) is 18.9 Å². The van der Waals surface area contributed by atoms with Crippen molar-refractivity contribution in [1.82, 2.24) is 25.0 Å². The van der Waals surface area contributed by atoms with E-state index in [1.807, 2.05) is 0 Å². The molecule has 0 aliphatic rings. The number of benzene rings is 1. The Morgan fingerprint density at radius 1 is 1.16 bits per heavy atom. The van der Waals surface area contributed by atoms with Crippen LogP contribution in [0, 0.1) is 0 Å². The van der Waals surface area contributed by atoms with Crippen molar-refractivity contribution < 1.29 is 14.6 Å². The normalized spacial score (nSPS) is 11.1. The summed E-state index contributed by atoms with van der Waals surface area (Å²) in [6, 6.07) is 0. The molecule has 2 aromatic heterocycles. The first-order chi connectivity index (χ1) is 11.9. The van der Waals surface area contributed by atoms with Crippen LogP contribution in [0.1, 0.15) is 5.56 Å². The molecule has 25 heavy (non-hydrogen) atoms. The van der Waals surface area contributed by atoms with Gasteiger partial charge >= 0.3 is 0 Å². The minimum atomic E-state index is -0.103. The Hall–Kier alpha value is -1.85. The molecule has 0 unspecified atom stereocenters. The van der Waals surface area contributed by atoms with Crippen LogP contribution in [0.25, 0.3) is 11.2 Å². The van der Waals surface area contributed by atoms with Crippen LogP contribution in [-0.2, 0) is 6.54 Å². The van der Waals surface area contributed by atoms with E-state index in [4.69, 9.17) is 26.8 Å². The van der Waals surface area contributed by atoms with Gasteiger partial charge in [-0.3, -0.25) is 0 Å². The lowest BCUT2D eigenvalue weighted by Gasteiger charge is -2.17. The molecular weight excluding hydrogens is 483 g/mol. The molecule has 0 saturated carbocycles. The van der Waals surface area contributed by atoms with Gasteiger partial charge in [-0.25, -0.2) is 4.68 Å². The highest BCUT2D eigenvalue weighted by Crippen LogP contribution is 2.49. The Morgan fingerprint density at radius 2 is 1.84 bits per heavy atom. The molecule has 0 aliphatic heterocycles. The molecule has 132 valence electrons. The Balaban J connectivity index is 2.18. The number of aromatic hydroxyl groups is 1. The van der Waals surface area contributed by atoms with Crippen LogP contribution < -0.4 is 15.2 Å². The van der Waals surface area contributed by atoms with E-state index in [9.17, 15) is 5.11 Å². The first-order valence-corrected chi connectivity index (χ1v) is 8.68. The van der Waals surface area contributed by atoms with Gasteiger partial charge in [0.25, 0.3) is 0 Å². The molecule has 0 saturated heterocycles. The Bertz CT molecular complexity index is 981. The van der Waals surface area contributed by atoms with Gasteiger partial charge in [-0.1, -0.05) is 16.8 Å². The zero-order chi connectivity index (χ0) is 18.3. The Morgan fingerprint density at radius 3 is 2.48 bits per heavy atom. The number of aromatic nitrogens is 5. The highest BCUT2D eigenvalue weighted by molar-refractivity contribution is 9.11. The van der Waals surface area contributed by atoms with E-state index >= 15 is 0 Å². The van der Waals surface area contributed by atoms with Gasteiger partial charge in [0.1, 0.15) is 0 Å². The fraction of sp³-hybridized carbons (Fsp3) is 0.231. The Kier molecular flexibility index (Phi) is 4.89. The summed E-state index contributed by atoms with van der Waals surface area (Å²) in [4.78, 5) is 7.96. The number of rotatable bonds is 4. The zero-order valence-electron chi connectivity index (χ0n) is 12.9. The molecule has 0 bridgehead atoms. The summed E-state index contributed by atoms with van der Waals surface area (Å²) in [6.07, 6.45) is 0. The lowest BCUT2D eigenvalue weighted by molar-refractivity contribution is 0.329. The van der Waals surface area contributed by atoms with Crippen LogP contribution >= 0.6 is 43.5 Å². The van der Waals surface area contributed by atoms with Crippen molar-refractivity contribution in [2.24, 2.45) is 0 Å². The van der Waals surface area contributed by atoms with Crippen LogP contribution in [0.2, 0.25) is 5.15 Å². The fourth-order valence-corrected chi connectivity index (χ4v) is 3.93. The van der Waals surface area contributed by atoms with Crippen LogP contribution in [0.15, 0.2) is 8.95 Å². The van der Waals surface area contributed by atoms with Gasteiger partial charge < -0.3 is 20.3 Å². The average molecular weight is 495 g/mol. The average Bonchev–Trinajstić information content (AvgIpc) is 2.97. The first-order valence-electron chi connectivity index (χ1n) is 6.72. The summed E-state index contributed by atoms with van der Waals surface area (Å²) in [6.45, 7) is 0.193. The number of methoxy groups -OCH3 is 2. The summed E-state index contributed by atoms with van der Waals surface area (Å²) in [5.74, 6) is 0.446. The van der Waals surface area contributed by atoms with E-state index in [2.05, 4.69) is 52.1 Å². The molecule has 0 radical (unpaired) electrons. The summed E-state index contributed by atoms with van der Waals surface area (Å²) < 4.78 is 13.0. The quantitative estimate of drug-likeness (QED) is 0.531. The molecule has 9 nitrogen and oxygen atoms in total. The summed E-state index contributed by atoms with van der Waals surface area (Å²) in [5, 5.41) is 18.5. The standard InChI is InChI=1S/C13H11Br2ClN6O3/c1-24-9-6(15)4(5(14)8(23)10(9)25-2)3-22-12-7(20-21-22)11(16)18-13(17)19-12/h23H,3H2,1-2H3,(H2,17,18,19). The van der Waals surface area contributed by atoms with Crippen molar-refractivity contribution >= 4 is 60.6 Å². The highest BCUT2D eigenvalue weighted by Gasteiger charge is 2.24. The van der Waals surface area contributed by atoms with E-state index in [0.717, 1.165) is 0 Å². The monoisotopic (exact) mass is 492 g/mol. The second kappa shape index (κ2) is 6.81. The molecule has 2 heterocycles. The molecule has 0 atom stereocenters. The number of ether oxygens (including phenoxy) is 2. The maximum Gasteiger partial charge on any atom is 0.223 e. The van der Waals surface area contributed by atoms with Gasteiger partial charge in [0.15, 0.2) is 27.8 Å². The maximum absolute atomic E-state index is 10.4. The minimum absolute atomic E-state index is 0.00865. The number of anilines is 1. The van der Waals surface area contributed by atoms with E-state index in [1.54, 1.807) is 0 Å². The molecule has 0 amide bonds. The van der Waals surface area contributed by atoms with Crippen molar-refractivity contribution in [3.63, 3.8) is 0 Å². The molecule has 0 fully saturated rings. The molecule has 12 heteroatoms. The van der Waals surface area contributed by atoms with Gasteiger partial charge in [-0.15, -0.1) is 5.10 Å². The number of hydrogen-bond acceptors (Lipinski definition) is 8. The molecule has 3 N–H and O–H groups in total. The number of halogens is 3. The van der Waals surface area contributed by atoms with E-state index < -0.39 is 0 Å². The van der Waals surface area contributed by atoms with Crippen LogP contribution in [-0.4, -0.2) is 44.3 Å². The molecule has 3 rings (SSSR count). The van der Waals surface area contributed by atoms with Crippen molar-refractivity contribution in [1.29, 1.82) is 0 Å².